The topological polar surface area (TPSA) is 91.6 Å². The summed E-state index contributed by atoms with van der Waals surface area (Å²) in [6, 6.07) is 4.57. The van der Waals surface area contributed by atoms with E-state index in [1.165, 1.54) is 25.3 Å². The molecule has 3 rings (SSSR count). The Bertz CT molecular complexity index is 989. The largest absolute Gasteiger partial charge is 0.416 e. The number of nitro groups is 1. The zero-order valence-corrected chi connectivity index (χ0v) is 17.1. The first kappa shape index (κ1) is 22.6. The fourth-order valence-electron chi connectivity index (χ4n) is 3.34. The summed E-state index contributed by atoms with van der Waals surface area (Å²) in [4.78, 5) is 30.8. The highest BCUT2D eigenvalue weighted by atomic mass is 19.4. The summed E-state index contributed by atoms with van der Waals surface area (Å²) < 4.78 is 41.0. The van der Waals surface area contributed by atoms with Gasteiger partial charge in [-0.15, -0.1) is 0 Å². The number of pyridine rings is 1. The first-order valence-electron chi connectivity index (χ1n) is 9.58. The lowest BCUT2D eigenvalue weighted by atomic mass is 10.0. The molecule has 2 aromatic rings. The minimum Gasteiger partial charge on any atom is -0.320 e. The maximum atomic E-state index is 13.7. The highest BCUT2D eigenvalue weighted by Gasteiger charge is 2.34. The number of nitrogens with zero attached hydrogens (tertiary/aromatic N) is 4. The molecule has 1 saturated heterocycles. The zero-order valence-electron chi connectivity index (χ0n) is 17.1. The van der Waals surface area contributed by atoms with Gasteiger partial charge in [-0.1, -0.05) is 6.07 Å². The van der Waals surface area contributed by atoms with Crippen LogP contribution in [0, 0.1) is 17.0 Å². The quantitative estimate of drug-likeness (QED) is 0.570. The van der Waals surface area contributed by atoms with Crippen LogP contribution < -0.4 is 5.32 Å². The van der Waals surface area contributed by atoms with Gasteiger partial charge < -0.3 is 10.2 Å². The number of rotatable bonds is 5. The summed E-state index contributed by atoms with van der Waals surface area (Å²) in [7, 11) is 1.96. The van der Waals surface area contributed by atoms with Gasteiger partial charge in [-0.2, -0.15) is 13.2 Å². The zero-order chi connectivity index (χ0) is 22.8. The lowest BCUT2D eigenvalue weighted by Crippen LogP contribution is -2.44. The number of anilines is 1. The molecule has 8 nitrogen and oxygen atoms in total. The first-order valence-corrected chi connectivity index (χ1v) is 9.58. The van der Waals surface area contributed by atoms with E-state index in [-0.39, 0.29) is 34.7 Å². The summed E-state index contributed by atoms with van der Waals surface area (Å²) in [5.41, 5.74) is -1.07. The number of piperazine rings is 1. The number of halogens is 3. The number of carbonyl (C=O) groups is 1. The number of benzene rings is 1. The van der Waals surface area contributed by atoms with Crippen LogP contribution in [0.1, 0.15) is 27.2 Å². The maximum absolute atomic E-state index is 13.7. The SMILES string of the molecule is Cc1ncc(NC(=O)c2ccc(CN3CCN(C)CC3)c(C(F)(F)F)c2)cc1[N+](=O)[O-]. The highest BCUT2D eigenvalue weighted by molar-refractivity contribution is 6.04. The van der Waals surface area contributed by atoms with Gasteiger partial charge in [0.25, 0.3) is 11.6 Å². The molecule has 0 spiro atoms. The van der Waals surface area contributed by atoms with Crippen molar-refractivity contribution in [3.63, 3.8) is 0 Å². The summed E-state index contributed by atoms with van der Waals surface area (Å²) in [5.74, 6) is -0.809. The van der Waals surface area contributed by atoms with Crippen molar-refractivity contribution < 1.29 is 22.9 Å². The smallest absolute Gasteiger partial charge is 0.320 e. The number of carbonyl (C=O) groups excluding carboxylic acids is 1. The van der Waals surface area contributed by atoms with Crippen molar-refractivity contribution in [3.05, 3.63) is 63.0 Å². The van der Waals surface area contributed by atoms with Gasteiger partial charge in [-0.3, -0.25) is 24.8 Å². The minimum atomic E-state index is -4.62. The van der Waals surface area contributed by atoms with E-state index in [1.54, 1.807) is 0 Å². The van der Waals surface area contributed by atoms with E-state index >= 15 is 0 Å². The third kappa shape index (κ3) is 5.56. The molecule has 1 N–H and O–H groups in total. The van der Waals surface area contributed by atoms with E-state index in [4.69, 9.17) is 0 Å². The van der Waals surface area contributed by atoms with Crippen molar-refractivity contribution in [2.75, 3.05) is 38.5 Å². The summed E-state index contributed by atoms with van der Waals surface area (Å²) >= 11 is 0. The normalized spacial score (nSPS) is 15.6. The Hall–Kier alpha value is -3.05. The number of hydrogen-bond acceptors (Lipinski definition) is 6. The fraction of sp³-hybridized carbons (Fsp3) is 0.400. The Morgan fingerprint density at radius 3 is 2.52 bits per heavy atom. The molecule has 1 aliphatic rings. The molecule has 1 amide bonds. The predicted molar refractivity (Wildman–Crippen MR) is 108 cm³/mol. The second-order valence-electron chi connectivity index (χ2n) is 7.49. The van der Waals surface area contributed by atoms with Gasteiger partial charge in [0.15, 0.2) is 0 Å². The van der Waals surface area contributed by atoms with Gasteiger partial charge in [-0.05, 0) is 31.7 Å². The number of alkyl halides is 3. The molecule has 11 heteroatoms. The van der Waals surface area contributed by atoms with Gasteiger partial charge in [0.05, 0.1) is 22.4 Å². The van der Waals surface area contributed by atoms with E-state index in [0.29, 0.717) is 13.1 Å². The molecule has 0 aliphatic carbocycles. The Morgan fingerprint density at radius 2 is 1.90 bits per heavy atom. The molecule has 0 unspecified atom stereocenters. The average Bonchev–Trinajstić information content (AvgIpc) is 2.70. The lowest BCUT2D eigenvalue weighted by molar-refractivity contribution is -0.385. The van der Waals surface area contributed by atoms with Crippen molar-refractivity contribution >= 4 is 17.3 Å². The van der Waals surface area contributed by atoms with Gasteiger partial charge in [0.1, 0.15) is 5.69 Å². The molecule has 1 aromatic carbocycles. The molecule has 0 bridgehead atoms. The molecule has 166 valence electrons. The van der Waals surface area contributed by atoms with Crippen molar-refractivity contribution in [2.24, 2.45) is 0 Å². The van der Waals surface area contributed by atoms with E-state index in [9.17, 15) is 28.1 Å². The highest BCUT2D eigenvalue weighted by Crippen LogP contribution is 2.34. The summed E-state index contributed by atoms with van der Waals surface area (Å²) in [6.07, 6.45) is -3.41. The van der Waals surface area contributed by atoms with Gasteiger partial charge in [-0.25, -0.2) is 0 Å². The van der Waals surface area contributed by atoms with Crippen molar-refractivity contribution in [2.45, 2.75) is 19.6 Å². The van der Waals surface area contributed by atoms with Crippen molar-refractivity contribution in [1.82, 2.24) is 14.8 Å². The van der Waals surface area contributed by atoms with Crippen LogP contribution in [0.15, 0.2) is 30.5 Å². The average molecular weight is 437 g/mol. The van der Waals surface area contributed by atoms with E-state index in [1.807, 2.05) is 11.9 Å². The first-order chi connectivity index (χ1) is 14.5. The van der Waals surface area contributed by atoms with Gasteiger partial charge in [0, 0.05) is 44.4 Å². The number of hydrogen-bond donors (Lipinski definition) is 1. The Kier molecular flexibility index (Phi) is 6.56. The molecular formula is C20H22F3N5O3. The number of likely N-dealkylation sites (N-methyl/N-ethyl adjacent to an activating group) is 1. The number of amides is 1. The number of nitrogens with one attached hydrogen (secondary N) is 1. The minimum absolute atomic E-state index is 0.0253. The van der Waals surface area contributed by atoms with E-state index in [2.05, 4.69) is 15.2 Å². The molecule has 31 heavy (non-hydrogen) atoms. The number of aromatic nitrogens is 1. The predicted octanol–water partition coefficient (Wildman–Crippen LogP) is 3.32. The Labute approximate surface area is 176 Å². The second-order valence-corrected chi connectivity index (χ2v) is 7.49. The third-order valence-corrected chi connectivity index (χ3v) is 5.18. The molecule has 1 aromatic heterocycles. The van der Waals surface area contributed by atoms with Crippen LogP contribution in [0.2, 0.25) is 0 Å². The fourth-order valence-corrected chi connectivity index (χ4v) is 3.34. The molecule has 0 saturated carbocycles. The molecule has 0 radical (unpaired) electrons. The molecular weight excluding hydrogens is 415 g/mol. The maximum Gasteiger partial charge on any atom is 0.416 e. The van der Waals surface area contributed by atoms with E-state index in [0.717, 1.165) is 25.2 Å². The van der Waals surface area contributed by atoms with Crippen molar-refractivity contribution in [1.29, 1.82) is 0 Å². The molecule has 0 atom stereocenters. The number of aryl methyl sites for hydroxylation is 1. The van der Waals surface area contributed by atoms with Gasteiger partial charge >= 0.3 is 6.18 Å². The summed E-state index contributed by atoms with van der Waals surface area (Å²) in [6.45, 7) is 4.46. The van der Waals surface area contributed by atoms with Crippen LogP contribution in [-0.4, -0.2) is 58.8 Å². The monoisotopic (exact) mass is 437 g/mol. The van der Waals surface area contributed by atoms with Crippen LogP contribution in [0.25, 0.3) is 0 Å². The second kappa shape index (κ2) is 8.98. The van der Waals surface area contributed by atoms with Crippen LogP contribution in [-0.2, 0) is 12.7 Å². The lowest BCUT2D eigenvalue weighted by Gasteiger charge is -2.33. The Balaban J connectivity index is 1.82. The summed E-state index contributed by atoms with van der Waals surface area (Å²) in [5, 5.41) is 13.4. The third-order valence-electron chi connectivity index (χ3n) is 5.18. The standard InChI is InChI=1S/C20H22F3N5O3/c1-13-18(28(30)31)10-16(11-24-13)25-19(29)14-3-4-15(17(9-14)20(21,22)23)12-27-7-5-26(2)6-8-27/h3-4,9-11H,5-8,12H2,1-2H3,(H,25,29). The van der Waals surface area contributed by atoms with E-state index < -0.39 is 22.6 Å². The van der Waals surface area contributed by atoms with Crippen molar-refractivity contribution in [3.8, 4) is 0 Å². The van der Waals surface area contributed by atoms with Crippen LogP contribution in [0.5, 0.6) is 0 Å². The molecule has 1 fully saturated rings. The van der Waals surface area contributed by atoms with Crippen LogP contribution in [0.4, 0.5) is 24.5 Å². The molecule has 1 aliphatic heterocycles. The van der Waals surface area contributed by atoms with Crippen LogP contribution in [0.3, 0.4) is 0 Å². The Morgan fingerprint density at radius 1 is 1.23 bits per heavy atom. The molecule has 2 heterocycles. The van der Waals surface area contributed by atoms with Gasteiger partial charge in [0.2, 0.25) is 0 Å². The van der Waals surface area contributed by atoms with Crippen LogP contribution >= 0.6 is 0 Å².